The molecule has 0 fully saturated rings. The van der Waals surface area contributed by atoms with Crippen LogP contribution in [0.4, 0.5) is 4.79 Å². The van der Waals surface area contributed by atoms with Gasteiger partial charge in [-0.25, -0.2) is 9.59 Å². The average Bonchev–Trinajstić information content (AvgIpc) is 2.42. The quantitative estimate of drug-likeness (QED) is 0.766. The maximum absolute atomic E-state index is 11.8. The number of aryl methyl sites for hydroxylation is 1. The minimum absolute atomic E-state index is 0.337. The number of hydrogen-bond acceptors (Lipinski definition) is 5. The standard InChI is InChI=1S/C15H19ClN2O5/c1-8(2)13(14(20)18-15(17)21)23-12(19)7-22-11-5-4-10(16)6-9(11)3/h4-6,8,13H,7H2,1-3H3,(H3,17,18,20,21)/t13-/m0/s1. The van der Waals surface area contributed by atoms with Gasteiger partial charge in [-0.1, -0.05) is 25.4 Å². The monoisotopic (exact) mass is 342 g/mol. The van der Waals surface area contributed by atoms with Gasteiger partial charge in [0.1, 0.15) is 5.75 Å². The first-order chi connectivity index (χ1) is 10.7. The maximum Gasteiger partial charge on any atom is 0.344 e. The number of nitrogens with one attached hydrogen (secondary N) is 1. The second kappa shape index (κ2) is 8.38. The zero-order valence-electron chi connectivity index (χ0n) is 13.1. The van der Waals surface area contributed by atoms with Crippen LogP contribution in [0.1, 0.15) is 19.4 Å². The minimum atomic E-state index is -1.13. The van der Waals surface area contributed by atoms with Crippen molar-refractivity contribution in [1.29, 1.82) is 0 Å². The second-order valence-electron chi connectivity index (χ2n) is 5.21. The molecule has 0 aliphatic carbocycles. The molecule has 1 aromatic rings. The van der Waals surface area contributed by atoms with Gasteiger partial charge in [-0.2, -0.15) is 0 Å². The molecule has 1 rings (SSSR count). The topological polar surface area (TPSA) is 108 Å². The first-order valence-corrected chi connectivity index (χ1v) is 7.27. The van der Waals surface area contributed by atoms with Gasteiger partial charge >= 0.3 is 12.0 Å². The molecular weight excluding hydrogens is 324 g/mol. The Morgan fingerprint density at radius 3 is 2.48 bits per heavy atom. The summed E-state index contributed by atoms with van der Waals surface area (Å²) in [6.07, 6.45) is -1.13. The molecule has 0 saturated heterocycles. The number of rotatable bonds is 6. The summed E-state index contributed by atoms with van der Waals surface area (Å²) in [5.74, 6) is -1.37. The number of carbonyl (C=O) groups is 3. The van der Waals surface area contributed by atoms with Crippen molar-refractivity contribution in [3.63, 3.8) is 0 Å². The number of imide groups is 1. The molecule has 126 valence electrons. The number of ether oxygens (including phenoxy) is 2. The average molecular weight is 343 g/mol. The van der Waals surface area contributed by atoms with Gasteiger partial charge < -0.3 is 15.2 Å². The third-order valence-electron chi connectivity index (χ3n) is 2.85. The first-order valence-electron chi connectivity index (χ1n) is 6.89. The van der Waals surface area contributed by atoms with Crippen LogP contribution in [0.15, 0.2) is 18.2 Å². The molecule has 7 nitrogen and oxygen atoms in total. The third kappa shape index (κ3) is 6.15. The maximum atomic E-state index is 11.8. The molecule has 0 unspecified atom stereocenters. The Balaban J connectivity index is 2.62. The van der Waals surface area contributed by atoms with Gasteiger partial charge in [-0.3, -0.25) is 10.1 Å². The Morgan fingerprint density at radius 2 is 1.96 bits per heavy atom. The second-order valence-corrected chi connectivity index (χ2v) is 5.64. The molecule has 23 heavy (non-hydrogen) atoms. The van der Waals surface area contributed by atoms with E-state index in [0.717, 1.165) is 5.56 Å². The predicted octanol–water partition coefficient (Wildman–Crippen LogP) is 1.79. The minimum Gasteiger partial charge on any atom is -0.482 e. The van der Waals surface area contributed by atoms with Gasteiger partial charge in [-0.15, -0.1) is 0 Å². The largest absolute Gasteiger partial charge is 0.482 e. The molecule has 0 aliphatic heterocycles. The molecule has 0 aromatic heterocycles. The summed E-state index contributed by atoms with van der Waals surface area (Å²) in [5.41, 5.74) is 5.64. The van der Waals surface area contributed by atoms with E-state index in [4.69, 9.17) is 26.8 Å². The lowest BCUT2D eigenvalue weighted by Crippen LogP contribution is -2.46. The first kappa shape index (κ1) is 18.8. The molecule has 0 spiro atoms. The van der Waals surface area contributed by atoms with Crippen molar-refractivity contribution >= 4 is 29.5 Å². The van der Waals surface area contributed by atoms with Crippen LogP contribution in [-0.4, -0.2) is 30.6 Å². The molecule has 0 radical (unpaired) electrons. The van der Waals surface area contributed by atoms with Crippen LogP contribution < -0.4 is 15.8 Å². The van der Waals surface area contributed by atoms with E-state index in [1.807, 2.05) is 5.32 Å². The van der Waals surface area contributed by atoms with Crippen molar-refractivity contribution in [2.24, 2.45) is 11.7 Å². The lowest BCUT2D eigenvalue weighted by Gasteiger charge is -2.20. The summed E-state index contributed by atoms with van der Waals surface area (Å²) in [4.78, 5) is 34.3. The molecule has 3 amide bonds. The SMILES string of the molecule is Cc1cc(Cl)ccc1OCC(=O)O[C@H](C(=O)NC(N)=O)C(C)C. The number of benzene rings is 1. The van der Waals surface area contributed by atoms with E-state index < -0.39 is 24.0 Å². The number of esters is 1. The number of amides is 3. The van der Waals surface area contributed by atoms with E-state index in [0.29, 0.717) is 10.8 Å². The van der Waals surface area contributed by atoms with E-state index in [-0.39, 0.29) is 12.5 Å². The van der Waals surface area contributed by atoms with Gasteiger partial charge in [0.15, 0.2) is 12.7 Å². The van der Waals surface area contributed by atoms with E-state index in [2.05, 4.69) is 0 Å². The Hall–Kier alpha value is -2.28. The van der Waals surface area contributed by atoms with E-state index in [1.54, 1.807) is 39.0 Å². The Morgan fingerprint density at radius 1 is 1.30 bits per heavy atom. The van der Waals surface area contributed by atoms with Gasteiger partial charge in [0, 0.05) is 5.02 Å². The zero-order valence-corrected chi connectivity index (χ0v) is 13.8. The van der Waals surface area contributed by atoms with E-state index in [1.165, 1.54) is 0 Å². The zero-order chi connectivity index (χ0) is 17.6. The van der Waals surface area contributed by atoms with Crippen molar-refractivity contribution in [2.75, 3.05) is 6.61 Å². The molecule has 3 N–H and O–H groups in total. The van der Waals surface area contributed by atoms with Crippen LogP contribution >= 0.6 is 11.6 Å². The summed E-state index contributed by atoms with van der Waals surface area (Å²) >= 11 is 5.83. The summed E-state index contributed by atoms with van der Waals surface area (Å²) < 4.78 is 10.4. The molecule has 0 aliphatic rings. The van der Waals surface area contributed by atoms with Crippen molar-refractivity contribution in [1.82, 2.24) is 5.32 Å². The summed E-state index contributed by atoms with van der Waals surface area (Å²) in [6.45, 7) is 4.74. The summed E-state index contributed by atoms with van der Waals surface area (Å²) in [5, 5.41) is 2.44. The van der Waals surface area contributed by atoms with Crippen LogP contribution in [0, 0.1) is 12.8 Å². The third-order valence-corrected chi connectivity index (χ3v) is 3.09. The highest BCUT2D eigenvalue weighted by Crippen LogP contribution is 2.21. The van der Waals surface area contributed by atoms with E-state index in [9.17, 15) is 14.4 Å². The molecular formula is C15H19ClN2O5. The molecule has 0 bridgehead atoms. The van der Waals surface area contributed by atoms with Crippen molar-refractivity contribution in [3.05, 3.63) is 28.8 Å². The van der Waals surface area contributed by atoms with E-state index >= 15 is 0 Å². The predicted molar refractivity (Wildman–Crippen MR) is 84.1 cm³/mol. The van der Waals surface area contributed by atoms with Crippen molar-refractivity contribution < 1.29 is 23.9 Å². The molecule has 1 atom stereocenters. The molecule has 0 saturated carbocycles. The van der Waals surface area contributed by atoms with Crippen molar-refractivity contribution in [3.8, 4) is 5.75 Å². The van der Waals surface area contributed by atoms with Crippen LogP contribution in [0.3, 0.4) is 0 Å². The van der Waals surface area contributed by atoms with Crippen LogP contribution in [0.5, 0.6) is 5.75 Å². The highest BCUT2D eigenvalue weighted by molar-refractivity contribution is 6.30. The Labute approximate surface area is 139 Å². The highest BCUT2D eigenvalue weighted by atomic mass is 35.5. The lowest BCUT2D eigenvalue weighted by atomic mass is 10.1. The van der Waals surface area contributed by atoms with Crippen LogP contribution in [0.2, 0.25) is 5.02 Å². The summed E-state index contributed by atoms with van der Waals surface area (Å²) in [7, 11) is 0. The van der Waals surface area contributed by atoms with Gasteiger partial charge in [0.05, 0.1) is 0 Å². The Kier molecular flexibility index (Phi) is 6.84. The van der Waals surface area contributed by atoms with Crippen LogP contribution in [0.25, 0.3) is 0 Å². The van der Waals surface area contributed by atoms with Gasteiger partial charge in [0.25, 0.3) is 5.91 Å². The number of urea groups is 1. The Bertz CT molecular complexity index is 604. The smallest absolute Gasteiger partial charge is 0.344 e. The fourth-order valence-corrected chi connectivity index (χ4v) is 2.00. The fourth-order valence-electron chi connectivity index (χ4n) is 1.77. The molecule has 0 heterocycles. The molecule has 8 heteroatoms. The van der Waals surface area contributed by atoms with Gasteiger partial charge in [-0.05, 0) is 36.6 Å². The van der Waals surface area contributed by atoms with Gasteiger partial charge in [0.2, 0.25) is 0 Å². The van der Waals surface area contributed by atoms with Crippen molar-refractivity contribution in [2.45, 2.75) is 26.9 Å². The van der Waals surface area contributed by atoms with Crippen LogP contribution in [-0.2, 0) is 14.3 Å². The number of primary amides is 1. The fraction of sp³-hybridized carbons (Fsp3) is 0.400. The molecule has 1 aromatic carbocycles. The lowest BCUT2D eigenvalue weighted by molar-refractivity contribution is -0.160. The normalized spacial score (nSPS) is 11.7. The number of nitrogens with two attached hydrogens (primary N) is 1. The number of halogens is 1. The number of carbonyl (C=O) groups excluding carboxylic acids is 3. The number of hydrogen-bond donors (Lipinski definition) is 2. The highest BCUT2D eigenvalue weighted by Gasteiger charge is 2.27. The summed E-state index contributed by atoms with van der Waals surface area (Å²) in [6, 6.07) is 3.95.